The third-order valence-corrected chi connectivity index (χ3v) is 12.3. The van der Waals surface area contributed by atoms with Gasteiger partial charge in [-0.15, -0.1) is 0 Å². The number of hydrogen-bond donors (Lipinski definition) is 5. The van der Waals surface area contributed by atoms with E-state index >= 15 is 0 Å². The van der Waals surface area contributed by atoms with Crippen LogP contribution in [0.3, 0.4) is 0 Å². The molecule has 15 nitrogen and oxygen atoms in total. The second-order valence-electron chi connectivity index (χ2n) is 16.7. The van der Waals surface area contributed by atoms with Gasteiger partial charge in [0.1, 0.15) is 67.6 Å². The maximum atomic E-state index is 11.9. The lowest BCUT2D eigenvalue weighted by Gasteiger charge is -2.20. The number of carboxylic acid groups (broad SMARTS) is 2. The Labute approximate surface area is 415 Å². The van der Waals surface area contributed by atoms with Crippen molar-refractivity contribution in [3.8, 4) is 46.3 Å². The lowest BCUT2D eigenvalue weighted by Crippen LogP contribution is -2.44. The molecule has 2 aromatic heterocycles. The molecule has 0 spiro atoms. The van der Waals surface area contributed by atoms with Crippen molar-refractivity contribution in [2.45, 2.75) is 91.8 Å². The molecule has 0 bridgehead atoms. The first-order chi connectivity index (χ1) is 33.6. The van der Waals surface area contributed by atoms with E-state index in [0.717, 1.165) is 33.4 Å². The zero-order valence-corrected chi connectivity index (χ0v) is 40.3. The minimum absolute atomic E-state index is 0.00631. The number of carbonyl (C=O) groups is 2. The number of nitrogens with zero attached hydrogens (tertiary/aromatic N) is 4. The minimum atomic E-state index is -1.25. The predicted octanol–water partition coefficient (Wildman–Crippen LogP) is 9.06. The summed E-state index contributed by atoms with van der Waals surface area (Å²) in [5.41, 5.74) is 8.74. The molecule has 6 aromatic rings. The molecule has 4 atom stereocenters. The summed E-state index contributed by atoms with van der Waals surface area (Å²) >= 11 is 13.6. The van der Waals surface area contributed by atoms with Crippen molar-refractivity contribution >= 4 is 35.1 Å². The number of aromatic nitrogens is 2. The molecule has 70 heavy (non-hydrogen) atoms. The van der Waals surface area contributed by atoms with E-state index in [1.54, 1.807) is 48.8 Å². The van der Waals surface area contributed by atoms with Gasteiger partial charge in [-0.1, -0.05) is 59.6 Å². The van der Waals surface area contributed by atoms with Crippen molar-refractivity contribution < 1.29 is 49.0 Å². The molecule has 362 valence electrons. The Bertz CT molecular complexity index is 2740. The lowest BCUT2D eigenvalue weighted by atomic mass is 9.92. The maximum Gasteiger partial charge on any atom is 0.323 e. The Morgan fingerprint density at radius 2 is 1.10 bits per heavy atom. The number of aliphatic hydroxyl groups is 2. The third-order valence-electron chi connectivity index (χ3n) is 11.7. The van der Waals surface area contributed by atoms with Gasteiger partial charge in [-0.3, -0.25) is 24.9 Å². The molecule has 0 radical (unpaired) electrons. The molecule has 0 saturated carbocycles. The molecule has 0 amide bonds. The maximum absolute atomic E-state index is 11.9. The van der Waals surface area contributed by atoms with Gasteiger partial charge >= 0.3 is 11.9 Å². The van der Waals surface area contributed by atoms with Crippen LogP contribution in [0, 0.1) is 42.4 Å². The van der Waals surface area contributed by atoms with E-state index in [9.17, 15) is 40.5 Å². The van der Waals surface area contributed by atoms with Crippen LogP contribution in [0.5, 0.6) is 23.0 Å². The van der Waals surface area contributed by atoms with Gasteiger partial charge in [-0.05, 0) is 104 Å². The molecular formula is C53H51Cl2N5O10. The van der Waals surface area contributed by atoms with Crippen LogP contribution in [0.1, 0.15) is 75.9 Å². The molecule has 6 rings (SSSR count). The SMILES string of the molecule is Cc1c(COc2cc(OCc3cncc(C#N)c3)c(CC[C@@H](C(=O)O)[C@@H](C)O)cc2Cl)cccc1-c1cccc(COc2cc(OCc3cncc(C#N)c3)c(CN[C@@H](C(=O)O)[C@@H](C)O)cc2Cl)c1C. The Kier molecular flexibility index (Phi) is 18.1. The fraction of sp³-hybridized carbons (Fsp3) is 0.283. The van der Waals surface area contributed by atoms with E-state index in [1.807, 2.05) is 50.2 Å². The number of halogens is 2. The highest BCUT2D eigenvalue weighted by Gasteiger charge is 2.25. The van der Waals surface area contributed by atoms with E-state index in [0.29, 0.717) is 56.4 Å². The quantitative estimate of drug-likeness (QED) is 0.0402. The van der Waals surface area contributed by atoms with Crippen LogP contribution in [0.15, 0.2) is 97.6 Å². The van der Waals surface area contributed by atoms with Crippen molar-refractivity contribution in [1.82, 2.24) is 15.3 Å². The number of nitrogens with one attached hydrogen (secondary N) is 1. The molecule has 17 heteroatoms. The van der Waals surface area contributed by atoms with Crippen molar-refractivity contribution in [3.63, 3.8) is 0 Å². The van der Waals surface area contributed by atoms with Crippen molar-refractivity contribution in [2.75, 3.05) is 0 Å². The first-order valence-corrected chi connectivity index (χ1v) is 22.9. The number of aliphatic carboxylic acids is 2. The van der Waals surface area contributed by atoms with Gasteiger partial charge in [0, 0.05) is 60.2 Å². The highest BCUT2D eigenvalue weighted by molar-refractivity contribution is 6.32. The van der Waals surface area contributed by atoms with E-state index in [2.05, 4.69) is 27.4 Å². The summed E-state index contributed by atoms with van der Waals surface area (Å²) in [6, 6.07) is 24.6. The van der Waals surface area contributed by atoms with Crippen LogP contribution in [-0.4, -0.2) is 60.6 Å². The van der Waals surface area contributed by atoms with E-state index in [-0.39, 0.29) is 55.9 Å². The van der Waals surface area contributed by atoms with Gasteiger partial charge in [0.15, 0.2) is 0 Å². The molecule has 0 fully saturated rings. The average Bonchev–Trinajstić information content (AvgIpc) is 3.33. The fourth-order valence-corrected chi connectivity index (χ4v) is 8.17. The van der Waals surface area contributed by atoms with Gasteiger partial charge in [0.25, 0.3) is 0 Å². The number of aryl methyl sites for hydroxylation is 1. The van der Waals surface area contributed by atoms with Gasteiger partial charge in [0.05, 0.1) is 39.3 Å². The Balaban J connectivity index is 1.21. The summed E-state index contributed by atoms with van der Waals surface area (Å²) in [4.78, 5) is 31.9. The third kappa shape index (κ3) is 13.5. The number of aliphatic hydroxyl groups excluding tert-OH is 2. The van der Waals surface area contributed by atoms with Gasteiger partial charge in [0.2, 0.25) is 0 Å². The zero-order chi connectivity index (χ0) is 50.5. The largest absolute Gasteiger partial charge is 0.488 e. The standard InChI is InChI=1S/C53H51Cl2N5O10/c1-30-39(28-69-49-17-47(67-26-36-13-34(19-56)21-58-23-36)38(15-45(49)54)11-12-44(32(3)61)52(63)64)7-5-9-42(30)43-10-6-8-40(31(43)2)29-70-50-18-48(68-27-37-14-35(20-57)22-59-24-37)41(16-46(50)55)25-60-51(33(4)62)53(65)66/h5-10,13-18,21-24,32-33,44,51,60-62H,11-12,25-29H2,1-4H3,(H,63,64)(H,65,66)/t32-,33-,44-,51-/m1/s1. The molecule has 0 aliphatic heterocycles. The number of hydrogen-bond acceptors (Lipinski definition) is 13. The molecule has 0 unspecified atom stereocenters. The van der Waals surface area contributed by atoms with Crippen molar-refractivity contribution in [1.29, 1.82) is 10.5 Å². The summed E-state index contributed by atoms with van der Waals surface area (Å²) in [5, 5.41) is 61.6. The van der Waals surface area contributed by atoms with Crippen LogP contribution in [0.2, 0.25) is 10.0 Å². The van der Waals surface area contributed by atoms with Crippen molar-refractivity contribution in [3.05, 3.63) is 163 Å². The second kappa shape index (κ2) is 24.4. The van der Waals surface area contributed by atoms with Crippen LogP contribution < -0.4 is 24.3 Å². The molecule has 2 heterocycles. The summed E-state index contributed by atoms with van der Waals surface area (Å²) in [6.45, 7) is 7.19. The number of ether oxygens (including phenoxy) is 4. The lowest BCUT2D eigenvalue weighted by molar-refractivity contribution is -0.145. The van der Waals surface area contributed by atoms with Crippen molar-refractivity contribution in [2.24, 2.45) is 5.92 Å². The molecule has 0 saturated heterocycles. The van der Waals surface area contributed by atoms with Gasteiger partial charge < -0.3 is 39.4 Å². The van der Waals surface area contributed by atoms with E-state index in [4.69, 9.17) is 42.1 Å². The average molecular weight is 989 g/mol. The zero-order valence-electron chi connectivity index (χ0n) is 38.8. The number of nitriles is 2. The minimum Gasteiger partial charge on any atom is -0.488 e. The van der Waals surface area contributed by atoms with Gasteiger partial charge in [-0.25, -0.2) is 0 Å². The van der Waals surface area contributed by atoms with Gasteiger partial charge in [-0.2, -0.15) is 10.5 Å². The summed E-state index contributed by atoms with van der Waals surface area (Å²) in [5.74, 6) is -1.96. The highest BCUT2D eigenvalue weighted by Crippen LogP contribution is 2.38. The first kappa shape index (κ1) is 52.1. The Morgan fingerprint density at radius 1 is 0.629 bits per heavy atom. The molecule has 0 aliphatic rings. The summed E-state index contributed by atoms with van der Waals surface area (Å²) in [7, 11) is 0. The highest BCUT2D eigenvalue weighted by atomic mass is 35.5. The number of rotatable bonds is 23. The topological polar surface area (TPSA) is 237 Å². The van der Waals surface area contributed by atoms with Crippen LogP contribution in [0.25, 0.3) is 11.1 Å². The van der Waals surface area contributed by atoms with E-state index in [1.165, 1.54) is 26.2 Å². The number of pyridine rings is 2. The number of carboxylic acids is 2. The normalized spacial score (nSPS) is 12.7. The molecular weight excluding hydrogens is 938 g/mol. The first-order valence-electron chi connectivity index (χ1n) is 22.1. The summed E-state index contributed by atoms with van der Waals surface area (Å²) in [6.07, 6.45) is 4.17. The molecule has 0 aliphatic carbocycles. The van der Waals surface area contributed by atoms with Crippen LogP contribution >= 0.6 is 23.2 Å². The second-order valence-corrected chi connectivity index (χ2v) is 17.5. The molecule has 4 aromatic carbocycles. The van der Waals surface area contributed by atoms with E-state index < -0.39 is 36.1 Å². The van der Waals surface area contributed by atoms with Crippen LogP contribution in [-0.2, 0) is 49.0 Å². The van der Waals surface area contributed by atoms with Crippen LogP contribution in [0.4, 0.5) is 0 Å². The Hall–Kier alpha value is -7.24. The number of benzene rings is 4. The summed E-state index contributed by atoms with van der Waals surface area (Å²) < 4.78 is 25.1. The molecule has 5 N–H and O–H groups in total. The fourth-order valence-electron chi connectivity index (χ4n) is 7.69. The Morgan fingerprint density at radius 3 is 1.54 bits per heavy atom. The smallest absolute Gasteiger partial charge is 0.323 e. The monoisotopic (exact) mass is 987 g/mol. The predicted molar refractivity (Wildman–Crippen MR) is 261 cm³/mol.